The summed E-state index contributed by atoms with van der Waals surface area (Å²) in [4.78, 5) is 17.4. The van der Waals surface area contributed by atoms with Gasteiger partial charge in [0.2, 0.25) is 0 Å². The largest absolute Gasteiger partial charge is 0.338 e. The highest BCUT2D eigenvalue weighted by atomic mass is 16.1. The quantitative estimate of drug-likeness (QED) is 0.848. The zero-order valence-electron chi connectivity index (χ0n) is 13.3. The van der Waals surface area contributed by atoms with Crippen molar-refractivity contribution in [3.05, 3.63) is 18.2 Å². The fraction of sp³-hybridized carbons (Fsp3) is 0.778. The predicted molar refractivity (Wildman–Crippen MR) is 81.8 cm³/mol. The Hall–Kier alpha value is -1.12. The Labute approximate surface area is 127 Å². The molecule has 2 atom stereocenters. The molecule has 1 heterocycles. The second kappa shape index (κ2) is 4.44. The molecular weight excluding hydrogens is 260 g/mol. The van der Waals surface area contributed by atoms with Gasteiger partial charge in [0.05, 0.1) is 0 Å². The van der Waals surface area contributed by atoms with Crippen LogP contribution < -0.4 is 0 Å². The predicted octanol–water partition coefficient (Wildman–Crippen LogP) is 3.53. The Bertz CT molecular complexity index is 560. The zero-order valence-corrected chi connectivity index (χ0v) is 13.3. The number of hydrogen-bond donors (Lipinski definition) is 0. The molecule has 4 saturated carbocycles. The van der Waals surface area contributed by atoms with Crippen LogP contribution in [0.15, 0.2) is 12.4 Å². The summed E-state index contributed by atoms with van der Waals surface area (Å²) in [6, 6.07) is 0. The lowest BCUT2D eigenvalue weighted by Gasteiger charge is -2.60. The van der Waals surface area contributed by atoms with Crippen LogP contribution in [-0.2, 0) is 18.3 Å². The van der Waals surface area contributed by atoms with Gasteiger partial charge in [-0.2, -0.15) is 0 Å². The minimum Gasteiger partial charge on any atom is -0.338 e. The van der Waals surface area contributed by atoms with E-state index in [1.54, 1.807) is 0 Å². The molecule has 0 saturated heterocycles. The molecule has 1 aromatic heterocycles. The van der Waals surface area contributed by atoms with Crippen molar-refractivity contribution >= 4 is 5.78 Å². The Kier molecular flexibility index (Phi) is 2.86. The molecule has 0 amide bonds. The fourth-order valence-corrected chi connectivity index (χ4v) is 6.17. The van der Waals surface area contributed by atoms with Crippen molar-refractivity contribution in [1.29, 1.82) is 0 Å². The molecule has 4 bridgehead atoms. The van der Waals surface area contributed by atoms with Gasteiger partial charge in [-0.15, -0.1) is 0 Å². The van der Waals surface area contributed by atoms with Crippen molar-refractivity contribution in [1.82, 2.24) is 9.55 Å². The average Bonchev–Trinajstić information content (AvgIpc) is 2.78. The summed E-state index contributed by atoms with van der Waals surface area (Å²) in [5.41, 5.74) is 0.493. The van der Waals surface area contributed by atoms with Crippen molar-refractivity contribution in [2.75, 3.05) is 0 Å². The van der Waals surface area contributed by atoms with Crippen LogP contribution >= 0.6 is 0 Å². The monoisotopic (exact) mass is 286 g/mol. The zero-order chi connectivity index (χ0) is 14.7. The van der Waals surface area contributed by atoms with E-state index in [9.17, 15) is 4.79 Å². The Morgan fingerprint density at radius 2 is 2.05 bits per heavy atom. The fourth-order valence-electron chi connectivity index (χ4n) is 6.17. The van der Waals surface area contributed by atoms with Gasteiger partial charge in [-0.05, 0) is 55.8 Å². The van der Waals surface area contributed by atoms with Gasteiger partial charge in [0.1, 0.15) is 11.6 Å². The van der Waals surface area contributed by atoms with E-state index in [4.69, 9.17) is 0 Å². The van der Waals surface area contributed by atoms with Gasteiger partial charge in [0.15, 0.2) is 0 Å². The van der Waals surface area contributed by atoms with Crippen molar-refractivity contribution in [3.8, 4) is 0 Å². The number of ketones is 1. The third-order valence-electron chi connectivity index (χ3n) is 6.44. The molecule has 114 valence electrons. The normalized spacial score (nSPS) is 40.7. The van der Waals surface area contributed by atoms with E-state index >= 15 is 0 Å². The Morgan fingerprint density at radius 1 is 1.33 bits per heavy atom. The standard InChI is InChI=1S/C18H26N2O/c1-17-8-13-7-14(9-17)11-18(10-13,12-17)15(21)3-4-16-19-5-6-20(16)2/h5-6,13-14H,3-4,7-12H2,1-2H3. The summed E-state index contributed by atoms with van der Waals surface area (Å²) in [6.07, 6.45) is 12.9. The highest BCUT2D eigenvalue weighted by Crippen LogP contribution is 2.65. The number of hydrogen-bond acceptors (Lipinski definition) is 2. The molecule has 4 aliphatic rings. The molecule has 3 nitrogen and oxygen atoms in total. The molecule has 0 aliphatic heterocycles. The lowest BCUT2D eigenvalue weighted by Crippen LogP contribution is -2.54. The molecule has 21 heavy (non-hydrogen) atoms. The van der Waals surface area contributed by atoms with Gasteiger partial charge >= 0.3 is 0 Å². The van der Waals surface area contributed by atoms with Gasteiger partial charge in [-0.3, -0.25) is 4.79 Å². The van der Waals surface area contributed by atoms with Crippen molar-refractivity contribution in [2.24, 2.45) is 29.7 Å². The van der Waals surface area contributed by atoms with Gasteiger partial charge in [-0.1, -0.05) is 6.92 Å². The first-order chi connectivity index (χ1) is 9.98. The number of carbonyl (C=O) groups is 1. The van der Waals surface area contributed by atoms with E-state index in [-0.39, 0.29) is 5.41 Å². The first kappa shape index (κ1) is 13.5. The van der Waals surface area contributed by atoms with Crippen molar-refractivity contribution in [2.45, 2.75) is 58.3 Å². The van der Waals surface area contributed by atoms with Crippen LogP contribution in [0.5, 0.6) is 0 Å². The second-order valence-electron chi connectivity index (χ2n) is 8.43. The van der Waals surface area contributed by atoms with E-state index in [1.165, 1.54) is 32.1 Å². The molecule has 0 aromatic carbocycles. The molecule has 0 radical (unpaired) electrons. The molecule has 4 aliphatic carbocycles. The maximum absolute atomic E-state index is 13.0. The summed E-state index contributed by atoms with van der Waals surface area (Å²) in [5.74, 6) is 3.23. The summed E-state index contributed by atoms with van der Waals surface area (Å²) in [5, 5.41) is 0. The van der Waals surface area contributed by atoms with Crippen LogP contribution in [0, 0.1) is 22.7 Å². The number of Topliss-reactive ketones (excluding diaryl/α,β-unsaturated/α-hetero) is 1. The minimum absolute atomic E-state index is 0.0317. The van der Waals surface area contributed by atoms with Crippen molar-refractivity contribution in [3.63, 3.8) is 0 Å². The van der Waals surface area contributed by atoms with Crippen LogP contribution in [0.2, 0.25) is 0 Å². The van der Waals surface area contributed by atoms with Gasteiger partial charge in [-0.25, -0.2) is 4.98 Å². The highest BCUT2D eigenvalue weighted by Gasteiger charge is 2.58. The van der Waals surface area contributed by atoms with E-state index in [2.05, 4.69) is 11.9 Å². The smallest absolute Gasteiger partial charge is 0.139 e. The highest BCUT2D eigenvalue weighted by molar-refractivity contribution is 5.85. The maximum Gasteiger partial charge on any atom is 0.139 e. The number of aryl methyl sites for hydroxylation is 2. The van der Waals surface area contributed by atoms with Gasteiger partial charge in [0.25, 0.3) is 0 Å². The molecule has 5 rings (SSSR count). The Balaban J connectivity index is 1.50. The topological polar surface area (TPSA) is 34.9 Å². The van der Waals surface area contributed by atoms with Gasteiger partial charge < -0.3 is 4.57 Å². The van der Waals surface area contributed by atoms with Crippen LogP contribution in [0.3, 0.4) is 0 Å². The first-order valence-corrected chi connectivity index (χ1v) is 8.48. The molecule has 3 heteroatoms. The number of carbonyl (C=O) groups excluding carboxylic acids is 1. The van der Waals surface area contributed by atoms with E-state index in [1.807, 2.05) is 24.0 Å². The number of rotatable bonds is 4. The van der Waals surface area contributed by atoms with E-state index < -0.39 is 0 Å². The molecule has 0 spiro atoms. The summed E-state index contributed by atoms with van der Waals surface area (Å²) >= 11 is 0. The summed E-state index contributed by atoms with van der Waals surface area (Å²) in [6.45, 7) is 2.44. The minimum atomic E-state index is 0.0317. The SMILES string of the molecule is Cn1ccnc1CCC(=O)C12CC3CC(CC(C)(C3)C1)C2. The molecular formula is C18H26N2O. The van der Waals surface area contributed by atoms with Crippen molar-refractivity contribution < 1.29 is 4.79 Å². The molecule has 1 aromatic rings. The summed E-state index contributed by atoms with van der Waals surface area (Å²) < 4.78 is 2.04. The third kappa shape index (κ3) is 2.16. The van der Waals surface area contributed by atoms with E-state index in [0.29, 0.717) is 17.6 Å². The number of nitrogens with zero attached hydrogens (tertiary/aromatic N) is 2. The van der Waals surface area contributed by atoms with E-state index in [0.717, 1.165) is 30.5 Å². The maximum atomic E-state index is 13.0. The Morgan fingerprint density at radius 3 is 2.62 bits per heavy atom. The van der Waals surface area contributed by atoms with Gasteiger partial charge in [0, 0.05) is 37.7 Å². The second-order valence-corrected chi connectivity index (χ2v) is 8.43. The summed E-state index contributed by atoms with van der Waals surface area (Å²) in [7, 11) is 2.01. The van der Waals surface area contributed by atoms with Crippen LogP contribution in [-0.4, -0.2) is 15.3 Å². The number of aromatic nitrogens is 2. The average molecular weight is 286 g/mol. The molecule has 2 unspecified atom stereocenters. The lowest BCUT2D eigenvalue weighted by molar-refractivity contribution is -0.153. The molecule has 4 fully saturated rings. The lowest BCUT2D eigenvalue weighted by atomic mass is 9.43. The molecule has 0 N–H and O–H groups in total. The third-order valence-corrected chi connectivity index (χ3v) is 6.44. The van der Waals surface area contributed by atoms with Crippen LogP contribution in [0.25, 0.3) is 0 Å². The van der Waals surface area contributed by atoms with Crippen LogP contribution in [0.4, 0.5) is 0 Å². The van der Waals surface area contributed by atoms with Crippen LogP contribution in [0.1, 0.15) is 57.7 Å². The first-order valence-electron chi connectivity index (χ1n) is 8.48. The number of imidazole rings is 1.